The van der Waals surface area contributed by atoms with E-state index < -0.39 is 7.82 Å². The molecule has 1 aromatic rings. The number of hydrogen-bond donors (Lipinski definition) is 0. The zero-order chi connectivity index (χ0) is 16.0. The molecule has 2 aliphatic heterocycles. The van der Waals surface area contributed by atoms with E-state index in [0.29, 0.717) is 58.4 Å². The van der Waals surface area contributed by atoms with Crippen LogP contribution in [0.1, 0.15) is 0 Å². The third-order valence-corrected chi connectivity index (χ3v) is 4.63. The molecular formula is C14H21N2O6P. The lowest BCUT2D eigenvalue weighted by Gasteiger charge is -2.32. The number of ether oxygens (including phenoxy) is 2. The maximum absolute atomic E-state index is 13.1. The van der Waals surface area contributed by atoms with Crippen molar-refractivity contribution < 1.29 is 27.8 Å². The summed E-state index contributed by atoms with van der Waals surface area (Å²) in [4.78, 5) is 0. The Labute approximate surface area is 135 Å². The Hall–Kier alpha value is -0.990. The lowest BCUT2D eigenvalue weighted by atomic mass is 10.3. The Kier molecular flexibility index (Phi) is 6.02. The fourth-order valence-electron chi connectivity index (χ4n) is 2.20. The van der Waals surface area contributed by atoms with Gasteiger partial charge in [-0.1, -0.05) is 18.2 Å². The molecule has 2 heterocycles. The molecular weight excluding hydrogens is 323 g/mol. The van der Waals surface area contributed by atoms with Crippen LogP contribution < -0.4 is 4.52 Å². The van der Waals surface area contributed by atoms with E-state index in [1.807, 2.05) is 6.07 Å². The average molecular weight is 344 g/mol. The van der Waals surface area contributed by atoms with Crippen LogP contribution in [0.15, 0.2) is 30.3 Å². The van der Waals surface area contributed by atoms with Crippen molar-refractivity contribution in [2.75, 3.05) is 52.6 Å². The number of phosphoric acid groups is 1. The van der Waals surface area contributed by atoms with Crippen molar-refractivity contribution in [1.82, 2.24) is 10.1 Å². The number of para-hydroxylation sites is 1. The number of hydroxylamine groups is 4. The van der Waals surface area contributed by atoms with Crippen molar-refractivity contribution in [3.63, 3.8) is 0 Å². The molecule has 0 amide bonds. The molecule has 23 heavy (non-hydrogen) atoms. The molecule has 0 spiro atoms. The van der Waals surface area contributed by atoms with Crippen molar-refractivity contribution in [1.29, 1.82) is 0 Å². The quantitative estimate of drug-likeness (QED) is 0.723. The summed E-state index contributed by atoms with van der Waals surface area (Å²) in [5, 5.41) is 3.13. The number of rotatable bonds is 6. The van der Waals surface area contributed by atoms with E-state index in [1.165, 1.54) is 0 Å². The maximum Gasteiger partial charge on any atom is 0.564 e. The van der Waals surface area contributed by atoms with Crippen LogP contribution in [-0.2, 0) is 23.3 Å². The van der Waals surface area contributed by atoms with Gasteiger partial charge in [-0.3, -0.25) is 0 Å². The van der Waals surface area contributed by atoms with Gasteiger partial charge in [-0.25, -0.2) is 4.57 Å². The normalized spacial score (nSPS) is 21.2. The molecule has 2 aliphatic rings. The van der Waals surface area contributed by atoms with E-state index in [0.717, 1.165) is 0 Å². The molecule has 0 bridgehead atoms. The van der Waals surface area contributed by atoms with Gasteiger partial charge in [0.25, 0.3) is 0 Å². The second-order valence-corrected chi connectivity index (χ2v) is 6.50. The van der Waals surface area contributed by atoms with Crippen molar-refractivity contribution in [3.8, 4) is 5.75 Å². The molecule has 0 N–H and O–H groups in total. The van der Waals surface area contributed by atoms with Crippen LogP contribution in [0.4, 0.5) is 0 Å². The summed E-state index contributed by atoms with van der Waals surface area (Å²) in [5.74, 6) is 0.428. The highest BCUT2D eigenvalue weighted by atomic mass is 31.2. The van der Waals surface area contributed by atoms with E-state index in [1.54, 1.807) is 34.4 Å². The third kappa shape index (κ3) is 5.26. The summed E-state index contributed by atoms with van der Waals surface area (Å²) < 4.78 is 40.3. The first-order valence-electron chi connectivity index (χ1n) is 7.63. The number of benzene rings is 1. The Balaban J connectivity index is 1.69. The molecule has 0 aliphatic carbocycles. The third-order valence-electron chi connectivity index (χ3n) is 3.33. The minimum atomic E-state index is -3.84. The molecule has 2 saturated heterocycles. The second-order valence-electron chi connectivity index (χ2n) is 5.10. The van der Waals surface area contributed by atoms with Crippen LogP contribution in [0.25, 0.3) is 0 Å². The zero-order valence-corrected chi connectivity index (χ0v) is 13.7. The molecule has 0 unspecified atom stereocenters. The minimum absolute atomic E-state index is 0.428. The molecule has 128 valence electrons. The first-order chi connectivity index (χ1) is 11.2. The van der Waals surface area contributed by atoms with Gasteiger partial charge in [0.2, 0.25) is 0 Å². The Morgan fingerprint density at radius 3 is 1.78 bits per heavy atom. The van der Waals surface area contributed by atoms with E-state index in [-0.39, 0.29) is 0 Å². The predicted molar refractivity (Wildman–Crippen MR) is 81.6 cm³/mol. The van der Waals surface area contributed by atoms with Gasteiger partial charge in [-0.15, -0.1) is 0 Å². The monoisotopic (exact) mass is 344 g/mol. The molecule has 1 aromatic carbocycles. The molecule has 0 radical (unpaired) electrons. The molecule has 0 atom stereocenters. The summed E-state index contributed by atoms with van der Waals surface area (Å²) in [6, 6.07) is 8.85. The predicted octanol–water partition coefficient (Wildman–Crippen LogP) is 1.70. The van der Waals surface area contributed by atoms with E-state index >= 15 is 0 Å². The van der Waals surface area contributed by atoms with Gasteiger partial charge in [0.05, 0.1) is 26.4 Å². The highest BCUT2D eigenvalue weighted by molar-refractivity contribution is 7.48. The standard InChI is InChI=1S/C14H21N2O6P/c17-23(20-14-4-2-1-3-5-14,21-15-6-10-18-11-7-15)22-16-8-12-19-13-9-16/h1-5H,6-13H2. The number of hydrogen-bond acceptors (Lipinski definition) is 8. The number of morpholine rings is 2. The van der Waals surface area contributed by atoms with Crippen molar-refractivity contribution >= 4 is 7.82 Å². The Bertz CT molecular complexity index is 495. The van der Waals surface area contributed by atoms with Crippen molar-refractivity contribution in [2.45, 2.75) is 0 Å². The van der Waals surface area contributed by atoms with Gasteiger partial charge in [0, 0.05) is 26.2 Å². The molecule has 9 heteroatoms. The van der Waals surface area contributed by atoms with Crippen LogP contribution >= 0.6 is 7.82 Å². The average Bonchev–Trinajstić information content (AvgIpc) is 2.57. The SMILES string of the molecule is O=P(Oc1ccccc1)(ON1CCOCC1)ON1CCOCC1. The maximum atomic E-state index is 13.1. The van der Waals surface area contributed by atoms with E-state index in [2.05, 4.69) is 0 Å². The fraction of sp³-hybridized carbons (Fsp3) is 0.571. The molecule has 3 rings (SSSR count). The van der Waals surface area contributed by atoms with Crippen molar-refractivity contribution in [2.24, 2.45) is 0 Å². The molecule has 0 aromatic heterocycles. The van der Waals surface area contributed by atoms with Crippen LogP contribution in [0.5, 0.6) is 5.75 Å². The van der Waals surface area contributed by atoms with E-state index in [4.69, 9.17) is 23.2 Å². The molecule has 0 saturated carbocycles. The van der Waals surface area contributed by atoms with Crippen LogP contribution in [0.2, 0.25) is 0 Å². The van der Waals surface area contributed by atoms with Gasteiger partial charge in [-0.2, -0.15) is 19.4 Å². The van der Waals surface area contributed by atoms with E-state index in [9.17, 15) is 4.57 Å². The Morgan fingerprint density at radius 1 is 0.826 bits per heavy atom. The van der Waals surface area contributed by atoms with Crippen LogP contribution in [0, 0.1) is 0 Å². The molecule has 8 nitrogen and oxygen atoms in total. The zero-order valence-electron chi connectivity index (χ0n) is 12.8. The number of nitrogens with zero attached hydrogens (tertiary/aromatic N) is 2. The minimum Gasteiger partial charge on any atom is -0.402 e. The fourth-order valence-corrected chi connectivity index (χ4v) is 3.57. The van der Waals surface area contributed by atoms with Gasteiger partial charge in [-0.05, 0) is 12.1 Å². The van der Waals surface area contributed by atoms with Gasteiger partial charge in [0.1, 0.15) is 5.75 Å². The summed E-state index contributed by atoms with van der Waals surface area (Å²) in [7, 11) is -3.84. The van der Waals surface area contributed by atoms with Gasteiger partial charge < -0.3 is 14.0 Å². The molecule has 2 fully saturated rings. The van der Waals surface area contributed by atoms with Gasteiger partial charge >= 0.3 is 7.82 Å². The Morgan fingerprint density at radius 2 is 1.30 bits per heavy atom. The van der Waals surface area contributed by atoms with Crippen LogP contribution in [-0.4, -0.2) is 62.7 Å². The summed E-state index contributed by atoms with van der Waals surface area (Å²) >= 11 is 0. The van der Waals surface area contributed by atoms with Gasteiger partial charge in [0.15, 0.2) is 0 Å². The first-order valence-corrected chi connectivity index (χ1v) is 9.09. The largest absolute Gasteiger partial charge is 0.564 e. The smallest absolute Gasteiger partial charge is 0.402 e. The lowest BCUT2D eigenvalue weighted by molar-refractivity contribution is -0.177. The first kappa shape index (κ1) is 16.9. The summed E-state index contributed by atoms with van der Waals surface area (Å²) in [5.41, 5.74) is 0. The summed E-state index contributed by atoms with van der Waals surface area (Å²) in [6.07, 6.45) is 0. The second kappa shape index (κ2) is 8.21. The lowest BCUT2D eigenvalue weighted by Crippen LogP contribution is -2.39. The summed E-state index contributed by atoms with van der Waals surface area (Å²) in [6.45, 7) is 4.10. The highest BCUT2D eigenvalue weighted by Gasteiger charge is 2.36. The van der Waals surface area contributed by atoms with Crippen LogP contribution in [0.3, 0.4) is 0 Å². The van der Waals surface area contributed by atoms with Crippen molar-refractivity contribution in [3.05, 3.63) is 30.3 Å². The topological polar surface area (TPSA) is 69.7 Å². The highest BCUT2D eigenvalue weighted by Crippen LogP contribution is 2.51.